The molecule has 1 amide bonds. The molecule has 0 fully saturated rings. The molecule has 6 heteroatoms. The van der Waals surface area contributed by atoms with Crippen LogP contribution in [0.3, 0.4) is 0 Å². The molecule has 112 valence electrons. The average Bonchev–Trinajstić information content (AvgIpc) is 2.89. The number of carbonyl (C=O) groups is 1. The highest BCUT2D eigenvalue weighted by Gasteiger charge is 2.16. The first-order valence-corrected chi connectivity index (χ1v) is 7.26. The fourth-order valence-electron chi connectivity index (χ4n) is 1.85. The van der Waals surface area contributed by atoms with Crippen molar-refractivity contribution in [2.45, 2.75) is 13.3 Å². The van der Waals surface area contributed by atoms with Gasteiger partial charge in [-0.1, -0.05) is 29.8 Å². The lowest BCUT2D eigenvalue weighted by atomic mass is 10.3. The van der Waals surface area contributed by atoms with E-state index in [9.17, 15) is 4.79 Å². The number of nitrogens with zero attached hydrogens (tertiary/aromatic N) is 2. The van der Waals surface area contributed by atoms with E-state index in [0.717, 1.165) is 12.1 Å². The second kappa shape index (κ2) is 7.81. The predicted octanol–water partition coefficient (Wildman–Crippen LogP) is 2.68. The molecule has 21 heavy (non-hydrogen) atoms. The average molecular weight is 308 g/mol. The van der Waals surface area contributed by atoms with E-state index in [1.165, 1.54) is 10.9 Å². The lowest BCUT2D eigenvalue weighted by Crippen LogP contribution is -2.25. The minimum Gasteiger partial charge on any atom is -0.382 e. The molecule has 0 bridgehead atoms. The van der Waals surface area contributed by atoms with Gasteiger partial charge in [0.2, 0.25) is 0 Å². The topological polar surface area (TPSA) is 56.1 Å². The van der Waals surface area contributed by atoms with Gasteiger partial charge in [0.05, 0.1) is 17.4 Å². The van der Waals surface area contributed by atoms with Crippen molar-refractivity contribution >= 4 is 17.5 Å². The first-order valence-electron chi connectivity index (χ1n) is 6.89. The summed E-state index contributed by atoms with van der Waals surface area (Å²) in [7, 11) is 0. The fourth-order valence-corrected chi connectivity index (χ4v) is 2.13. The van der Waals surface area contributed by atoms with Crippen molar-refractivity contribution in [2.24, 2.45) is 0 Å². The SMILES string of the molecule is CCOCCCNC(=O)c1cnn(-c2ccccc2)c1Cl. The monoisotopic (exact) mass is 307 g/mol. The number of hydrogen-bond donors (Lipinski definition) is 1. The van der Waals surface area contributed by atoms with Crippen LogP contribution in [0.1, 0.15) is 23.7 Å². The van der Waals surface area contributed by atoms with Gasteiger partial charge < -0.3 is 10.1 Å². The second-order valence-electron chi connectivity index (χ2n) is 4.40. The Balaban J connectivity index is 1.98. The molecule has 5 nitrogen and oxygen atoms in total. The Morgan fingerprint density at radius 1 is 1.38 bits per heavy atom. The van der Waals surface area contributed by atoms with Gasteiger partial charge in [-0.2, -0.15) is 5.10 Å². The Kier molecular flexibility index (Phi) is 5.78. The van der Waals surface area contributed by atoms with E-state index in [0.29, 0.717) is 30.5 Å². The lowest BCUT2D eigenvalue weighted by molar-refractivity contribution is 0.0944. The molecule has 1 heterocycles. The Hall–Kier alpha value is -1.85. The number of benzene rings is 1. The number of rotatable bonds is 7. The zero-order chi connectivity index (χ0) is 15.1. The number of nitrogens with one attached hydrogen (secondary N) is 1. The third-order valence-corrected chi connectivity index (χ3v) is 3.27. The molecular weight excluding hydrogens is 290 g/mol. The Labute approximate surface area is 128 Å². The van der Waals surface area contributed by atoms with Crippen LogP contribution in [-0.4, -0.2) is 35.4 Å². The summed E-state index contributed by atoms with van der Waals surface area (Å²) in [6.45, 7) is 3.80. The first kappa shape index (κ1) is 15.5. The molecule has 1 N–H and O–H groups in total. The van der Waals surface area contributed by atoms with Crippen molar-refractivity contribution in [1.29, 1.82) is 0 Å². The fraction of sp³-hybridized carbons (Fsp3) is 0.333. The Morgan fingerprint density at radius 3 is 2.86 bits per heavy atom. The van der Waals surface area contributed by atoms with E-state index in [1.807, 2.05) is 37.3 Å². The maximum absolute atomic E-state index is 12.1. The van der Waals surface area contributed by atoms with Gasteiger partial charge in [-0.25, -0.2) is 4.68 Å². The van der Waals surface area contributed by atoms with Crippen LogP contribution in [0.25, 0.3) is 5.69 Å². The van der Waals surface area contributed by atoms with Gasteiger partial charge in [0, 0.05) is 19.8 Å². The highest BCUT2D eigenvalue weighted by molar-refractivity contribution is 6.33. The van der Waals surface area contributed by atoms with Crippen molar-refractivity contribution in [3.63, 3.8) is 0 Å². The summed E-state index contributed by atoms with van der Waals surface area (Å²) in [5, 5.41) is 7.28. The zero-order valence-corrected chi connectivity index (χ0v) is 12.6. The van der Waals surface area contributed by atoms with Crippen molar-refractivity contribution in [3.8, 4) is 5.69 Å². The van der Waals surface area contributed by atoms with Crippen LogP contribution in [0, 0.1) is 0 Å². The maximum atomic E-state index is 12.1. The number of amides is 1. The zero-order valence-electron chi connectivity index (χ0n) is 11.9. The van der Waals surface area contributed by atoms with Crippen LogP contribution in [-0.2, 0) is 4.74 Å². The minimum absolute atomic E-state index is 0.223. The molecule has 0 radical (unpaired) electrons. The van der Waals surface area contributed by atoms with Gasteiger partial charge in [0.15, 0.2) is 0 Å². The maximum Gasteiger partial charge on any atom is 0.256 e. The smallest absolute Gasteiger partial charge is 0.256 e. The number of carbonyl (C=O) groups excluding carboxylic acids is 1. The van der Waals surface area contributed by atoms with Crippen molar-refractivity contribution < 1.29 is 9.53 Å². The second-order valence-corrected chi connectivity index (χ2v) is 4.76. The third kappa shape index (κ3) is 4.06. The molecule has 1 aromatic carbocycles. The molecular formula is C15H18ClN3O2. The van der Waals surface area contributed by atoms with Crippen LogP contribution in [0.15, 0.2) is 36.5 Å². The minimum atomic E-state index is -0.223. The van der Waals surface area contributed by atoms with Gasteiger partial charge in [-0.05, 0) is 25.5 Å². The molecule has 2 rings (SSSR count). The number of ether oxygens (including phenoxy) is 1. The van der Waals surface area contributed by atoms with Crippen LogP contribution < -0.4 is 5.32 Å². The number of aromatic nitrogens is 2. The van der Waals surface area contributed by atoms with Gasteiger partial charge in [0.25, 0.3) is 5.91 Å². The van der Waals surface area contributed by atoms with Crippen LogP contribution in [0.2, 0.25) is 5.15 Å². The van der Waals surface area contributed by atoms with Crippen molar-refractivity contribution in [1.82, 2.24) is 15.1 Å². The van der Waals surface area contributed by atoms with Gasteiger partial charge in [-0.15, -0.1) is 0 Å². The van der Waals surface area contributed by atoms with E-state index in [1.54, 1.807) is 0 Å². The summed E-state index contributed by atoms with van der Waals surface area (Å²) in [6.07, 6.45) is 2.25. The Bertz CT molecular complexity index is 584. The van der Waals surface area contributed by atoms with E-state index in [4.69, 9.17) is 16.3 Å². The number of hydrogen-bond acceptors (Lipinski definition) is 3. The molecule has 0 unspecified atom stereocenters. The van der Waals surface area contributed by atoms with Crippen molar-refractivity contribution in [2.75, 3.05) is 19.8 Å². The standard InChI is InChI=1S/C15H18ClN3O2/c1-2-21-10-6-9-17-15(20)13-11-18-19(14(13)16)12-7-4-3-5-8-12/h3-5,7-8,11H,2,6,9-10H2,1H3,(H,17,20). The van der Waals surface area contributed by atoms with E-state index < -0.39 is 0 Å². The summed E-state index contributed by atoms with van der Waals surface area (Å²) in [5.41, 5.74) is 1.19. The summed E-state index contributed by atoms with van der Waals surface area (Å²) >= 11 is 6.23. The van der Waals surface area contributed by atoms with Crippen LogP contribution in [0.5, 0.6) is 0 Å². The highest BCUT2D eigenvalue weighted by Crippen LogP contribution is 2.19. The summed E-state index contributed by atoms with van der Waals surface area (Å²) in [5.74, 6) is -0.223. The number of halogens is 1. The quantitative estimate of drug-likeness (QED) is 0.800. The number of para-hydroxylation sites is 1. The molecule has 0 saturated carbocycles. The van der Waals surface area contributed by atoms with Gasteiger partial charge in [-0.3, -0.25) is 4.79 Å². The summed E-state index contributed by atoms with van der Waals surface area (Å²) in [4.78, 5) is 12.1. The first-order chi connectivity index (χ1) is 10.2. The Morgan fingerprint density at radius 2 is 2.14 bits per heavy atom. The van der Waals surface area contributed by atoms with Crippen LogP contribution in [0.4, 0.5) is 0 Å². The lowest BCUT2D eigenvalue weighted by Gasteiger charge is -2.05. The molecule has 0 aliphatic rings. The summed E-state index contributed by atoms with van der Waals surface area (Å²) in [6, 6.07) is 9.44. The van der Waals surface area contributed by atoms with E-state index in [-0.39, 0.29) is 5.91 Å². The van der Waals surface area contributed by atoms with Gasteiger partial charge >= 0.3 is 0 Å². The van der Waals surface area contributed by atoms with E-state index >= 15 is 0 Å². The molecule has 2 aromatic rings. The largest absolute Gasteiger partial charge is 0.382 e. The highest BCUT2D eigenvalue weighted by atomic mass is 35.5. The molecule has 0 aliphatic heterocycles. The predicted molar refractivity (Wildman–Crippen MR) is 82.0 cm³/mol. The summed E-state index contributed by atoms with van der Waals surface area (Å²) < 4.78 is 6.75. The van der Waals surface area contributed by atoms with E-state index in [2.05, 4.69) is 10.4 Å². The third-order valence-electron chi connectivity index (χ3n) is 2.91. The normalized spacial score (nSPS) is 10.6. The molecule has 1 aromatic heterocycles. The molecule has 0 saturated heterocycles. The molecule has 0 spiro atoms. The molecule has 0 aliphatic carbocycles. The van der Waals surface area contributed by atoms with Crippen LogP contribution >= 0.6 is 11.6 Å². The molecule has 0 atom stereocenters. The van der Waals surface area contributed by atoms with Gasteiger partial charge in [0.1, 0.15) is 5.15 Å². The van der Waals surface area contributed by atoms with Crippen molar-refractivity contribution in [3.05, 3.63) is 47.2 Å².